The van der Waals surface area contributed by atoms with Crippen molar-refractivity contribution in [1.82, 2.24) is 5.48 Å². The fourth-order valence-corrected chi connectivity index (χ4v) is 4.24. The summed E-state index contributed by atoms with van der Waals surface area (Å²) in [4.78, 5) is 17.9. The number of nitrogens with one attached hydrogen (secondary N) is 1. The van der Waals surface area contributed by atoms with Gasteiger partial charge in [0.2, 0.25) is 3.79 Å². The number of halogens is 3. The van der Waals surface area contributed by atoms with Crippen LogP contribution < -0.4 is 5.48 Å². The summed E-state index contributed by atoms with van der Waals surface area (Å²) in [6.45, 7) is 0. The molecule has 0 heterocycles. The zero-order valence-electron chi connectivity index (χ0n) is 19.2. The average Bonchev–Trinajstić information content (AvgIpc) is 2.90. The van der Waals surface area contributed by atoms with Crippen LogP contribution in [0.5, 0.6) is 0 Å². The zero-order valence-corrected chi connectivity index (χ0v) is 21.5. The number of hydrogen-bond acceptors (Lipinski definition) is 4. The molecule has 4 nitrogen and oxygen atoms in total. The van der Waals surface area contributed by atoms with E-state index >= 15 is 0 Å². The predicted octanol–water partition coefficient (Wildman–Crippen LogP) is 6.98. The molecule has 0 amide bonds. The van der Waals surface area contributed by atoms with Crippen LogP contribution in [0.2, 0.25) is 0 Å². The lowest BCUT2D eigenvalue weighted by atomic mass is 9.80. The first-order valence-electron chi connectivity index (χ1n) is 11.3. The second kappa shape index (κ2) is 11.9. The van der Waals surface area contributed by atoms with Gasteiger partial charge < -0.3 is 9.57 Å². The molecule has 0 bridgehead atoms. The summed E-state index contributed by atoms with van der Waals surface area (Å²) in [5.41, 5.74) is 4.59. The van der Waals surface area contributed by atoms with E-state index in [9.17, 15) is 4.79 Å². The highest BCUT2D eigenvalue weighted by Gasteiger charge is 2.46. The molecule has 4 aromatic rings. The first-order valence-corrected chi connectivity index (χ1v) is 12.4. The van der Waals surface area contributed by atoms with E-state index in [4.69, 9.17) is 44.4 Å². The minimum atomic E-state index is -1.99. The standard InChI is InChI=1S/C29H24Cl3NO3/c30-29(31,32)27(33-36-26(34)21-22-13-5-1-6-14-22)35-28(23-15-7-2-8-16-23,24-17-9-3-10-18-24)25-19-11-4-12-20-25/h1-20,27,33H,21H2/t27-/m1/s1. The lowest BCUT2D eigenvalue weighted by molar-refractivity contribution is -0.170. The van der Waals surface area contributed by atoms with E-state index in [0.29, 0.717) is 0 Å². The van der Waals surface area contributed by atoms with Gasteiger partial charge in [0.1, 0.15) is 5.60 Å². The molecular formula is C29H24Cl3NO3. The van der Waals surface area contributed by atoms with Crippen molar-refractivity contribution in [3.8, 4) is 0 Å². The van der Waals surface area contributed by atoms with Crippen LogP contribution in [-0.4, -0.2) is 16.0 Å². The SMILES string of the molecule is O=C(Cc1ccccc1)ON[C@H](OC(c1ccccc1)(c1ccccc1)c1ccccc1)C(Cl)(Cl)Cl. The molecule has 36 heavy (non-hydrogen) atoms. The molecule has 0 aliphatic heterocycles. The molecule has 0 spiro atoms. The van der Waals surface area contributed by atoms with Crippen molar-refractivity contribution in [3.05, 3.63) is 144 Å². The molecule has 1 N–H and O–H groups in total. The van der Waals surface area contributed by atoms with Gasteiger partial charge in [-0.2, -0.15) is 0 Å². The van der Waals surface area contributed by atoms with Crippen LogP contribution in [0.15, 0.2) is 121 Å². The van der Waals surface area contributed by atoms with Gasteiger partial charge in [-0.1, -0.05) is 156 Å². The van der Waals surface area contributed by atoms with Gasteiger partial charge in [-0.05, 0) is 22.3 Å². The second-order valence-electron chi connectivity index (χ2n) is 8.07. The molecule has 0 saturated heterocycles. The molecule has 0 saturated carbocycles. The largest absolute Gasteiger partial charge is 0.368 e. The Bertz CT molecular complexity index is 1140. The van der Waals surface area contributed by atoms with E-state index < -0.39 is 21.6 Å². The van der Waals surface area contributed by atoms with Crippen LogP contribution in [0.25, 0.3) is 0 Å². The number of hydrogen-bond donors (Lipinski definition) is 1. The van der Waals surface area contributed by atoms with Crippen LogP contribution >= 0.6 is 34.8 Å². The van der Waals surface area contributed by atoms with Crippen LogP contribution in [0.1, 0.15) is 22.3 Å². The van der Waals surface area contributed by atoms with E-state index in [1.165, 1.54) is 0 Å². The average molecular weight is 541 g/mol. The van der Waals surface area contributed by atoms with E-state index in [-0.39, 0.29) is 6.42 Å². The van der Waals surface area contributed by atoms with Crippen molar-refractivity contribution in [2.75, 3.05) is 0 Å². The third-order valence-corrected chi connectivity index (χ3v) is 6.20. The first kappa shape index (κ1) is 26.2. The highest BCUT2D eigenvalue weighted by atomic mass is 35.6. The van der Waals surface area contributed by atoms with Crippen LogP contribution in [0.3, 0.4) is 0 Å². The summed E-state index contributed by atoms with van der Waals surface area (Å²) in [5.74, 6) is -0.547. The fourth-order valence-electron chi connectivity index (χ4n) is 3.98. The lowest BCUT2D eigenvalue weighted by Crippen LogP contribution is -2.50. The molecule has 0 unspecified atom stereocenters. The topological polar surface area (TPSA) is 47.6 Å². The predicted molar refractivity (Wildman–Crippen MR) is 144 cm³/mol. The summed E-state index contributed by atoms with van der Waals surface area (Å²) < 4.78 is 4.69. The van der Waals surface area contributed by atoms with Crippen molar-refractivity contribution >= 4 is 40.8 Å². The number of rotatable bonds is 9. The van der Waals surface area contributed by atoms with E-state index in [2.05, 4.69) is 5.48 Å². The van der Waals surface area contributed by atoms with Crippen molar-refractivity contribution in [1.29, 1.82) is 0 Å². The molecule has 184 valence electrons. The van der Waals surface area contributed by atoms with Gasteiger partial charge in [-0.15, -0.1) is 5.48 Å². The minimum absolute atomic E-state index is 0.0433. The third-order valence-electron chi connectivity index (χ3n) is 5.60. The molecule has 0 aliphatic carbocycles. The third kappa shape index (κ3) is 6.28. The van der Waals surface area contributed by atoms with Gasteiger partial charge in [0.05, 0.1) is 6.42 Å². The maximum Gasteiger partial charge on any atom is 0.329 e. The van der Waals surface area contributed by atoms with E-state index in [0.717, 1.165) is 22.3 Å². The first-order chi connectivity index (χ1) is 17.4. The maximum atomic E-state index is 12.5. The number of ether oxygens (including phenoxy) is 1. The number of carbonyl (C=O) groups is 1. The lowest BCUT2D eigenvalue weighted by Gasteiger charge is -2.40. The van der Waals surface area contributed by atoms with Crippen LogP contribution in [0.4, 0.5) is 0 Å². The molecule has 1 atom stereocenters. The Morgan fingerprint density at radius 1 is 0.667 bits per heavy atom. The van der Waals surface area contributed by atoms with Crippen molar-refractivity contribution in [3.63, 3.8) is 0 Å². The molecule has 4 rings (SSSR count). The van der Waals surface area contributed by atoms with Gasteiger partial charge in [0.15, 0.2) is 6.23 Å². The summed E-state index contributed by atoms with van der Waals surface area (Å²) in [6, 6.07) is 38.1. The highest BCUT2D eigenvalue weighted by molar-refractivity contribution is 6.68. The molecule has 0 aliphatic rings. The molecule has 7 heteroatoms. The number of benzene rings is 4. The molecule has 0 radical (unpaired) electrons. The smallest absolute Gasteiger partial charge is 0.329 e. The minimum Gasteiger partial charge on any atom is -0.368 e. The quantitative estimate of drug-likeness (QED) is 0.108. The summed E-state index contributed by atoms with van der Waals surface area (Å²) in [5, 5.41) is 0. The normalized spacial score (nSPS) is 12.6. The Balaban J connectivity index is 1.73. The number of carbonyl (C=O) groups excluding carboxylic acids is 1. The van der Waals surface area contributed by atoms with E-state index in [1.54, 1.807) is 0 Å². The van der Waals surface area contributed by atoms with Crippen molar-refractivity contribution in [2.45, 2.75) is 22.0 Å². The maximum absolute atomic E-state index is 12.5. The van der Waals surface area contributed by atoms with Crippen molar-refractivity contribution in [2.24, 2.45) is 0 Å². The van der Waals surface area contributed by atoms with Gasteiger partial charge >= 0.3 is 5.97 Å². The zero-order chi connectivity index (χ0) is 25.4. The Labute approximate surface area is 225 Å². The van der Waals surface area contributed by atoms with Crippen LogP contribution in [-0.2, 0) is 26.4 Å². The Hall–Kier alpha value is -2.86. The van der Waals surface area contributed by atoms with Crippen LogP contribution in [0, 0.1) is 0 Å². The molecule has 4 aromatic carbocycles. The molecular weight excluding hydrogens is 517 g/mol. The summed E-state index contributed by atoms with van der Waals surface area (Å²) >= 11 is 19.1. The number of alkyl halides is 3. The monoisotopic (exact) mass is 539 g/mol. The Kier molecular flexibility index (Phi) is 8.68. The van der Waals surface area contributed by atoms with Gasteiger partial charge in [-0.25, -0.2) is 0 Å². The molecule has 0 fully saturated rings. The molecule has 0 aromatic heterocycles. The van der Waals surface area contributed by atoms with Crippen molar-refractivity contribution < 1.29 is 14.4 Å². The van der Waals surface area contributed by atoms with Gasteiger partial charge in [0.25, 0.3) is 0 Å². The Morgan fingerprint density at radius 3 is 1.44 bits per heavy atom. The second-order valence-corrected chi connectivity index (χ2v) is 10.4. The fraction of sp³-hybridized carbons (Fsp3) is 0.138. The van der Waals surface area contributed by atoms with Gasteiger partial charge in [0, 0.05) is 0 Å². The van der Waals surface area contributed by atoms with Gasteiger partial charge in [-0.3, -0.25) is 4.79 Å². The Morgan fingerprint density at radius 2 is 1.06 bits per heavy atom. The van der Waals surface area contributed by atoms with E-state index in [1.807, 2.05) is 121 Å². The summed E-state index contributed by atoms with van der Waals surface area (Å²) in [6.07, 6.45) is -1.29. The summed E-state index contributed by atoms with van der Waals surface area (Å²) in [7, 11) is 0. The number of hydroxylamine groups is 1. The highest BCUT2D eigenvalue weighted by Crippen LogP contribution is 2.44.